The number of nitrogens with two attached hydrogens (primary N) is 1. The Kier molecular flexibility index (Phi) is 4.93. The maximum Gasteiger partial charge on any atom is 0.275 e. The molecule has 0 spiro atoms. The zero-order valence-electron chi connectivity index (χ0n) is 12.5. The van der Waals surface area contributed by atoms with Crippen molar-refractivity contribution in [2.45, 2.75) is 13.3 Å². The largest absolute Gasteiger partial charge is 0.377 e. The zero-order valence-corrected chi connectivity index (χ0v) is 13.3. The average Bonchev–Trinajstić information content (AvgIpc) is 2.90. The lowest BCUT2D eigenvalue weighted by molar-refractivity contribution is 0.102. The van der Waals surface area contributed by atoms with Crippen molar-refractivity contribution in [3.63, 3.8) is 0 Å². The van der Waals surface area contributed by atoms with Crippen LogP contribution in [0.1, 0.15) is 21.1 Å². The molecule has 6 heteroatoms. The fourth-order valence-electron chi connectivity index (χ4n) is 2.02. The van der Waals surface area contributed by atoms with Gasteiger partial charge >= 0.3 is 0 Å². The minimum atomic E-state index is -0.192. The van der Waals surface area contributed by atoms with E-state index in [4.69, 9.17) is 5.73 Å². The minimum Gasteiger partial charge on any atom is -0.377 e. The number of carbonyl (C=O) groups excluding carboxylic acids is 1. The summed E-state index contributed by atoms with van der Waals surface area (Å²) in [7, 11) is 3.96. The highest BCUT2D eigenvalue weighted by molar-refractivity contribution is 7.09. The number of aryl methyl sites for hydroxylation is 1. The summed E-state index contributed by atoms with van der Waals surface area (Å²) >= 11 is 1.46. The van der Waals surface area contributed by atoms with E-state index >= 15 is 0 Å². The first-order valence-corrected chi connectivity index (χ1v) is 7.63. The molecule has 3 N–H and O–H groups in total. The molecule has 1 amide bonds. The number of nitrogens with zero attached hydrogens (tertiary/aromatic N) is 2. The number of amides is 1. The maximum atomic E-state index is 12.2. The summed E-state index contributed by atoms with van der Waals surface area (Å²) in [6.45, 7) is 2.58. The number of nitrogens with one attached hydrogen (secondary N) is 1. The Morgan fingerprint density at radius 2 is 2.19 bits per heavy atom. The maximum absolute atomic E-state index is 12.2. The van der Waals surface area contributed by atoms with Crippen LogP contribution in [0.25, 0.3) is 0 Å². The van der Waals surface area contributed by atoms with E-state index in [1.165, 1.54) is 11.3 Å². The van der Waals surface area contributed by atoms with Crippen LogP contribution in [0.3, 0.4) is 0 Å². The van der Waals surface area contributed by atoms with E-state index in [1.807, 2.05) is 44.1 Å². The summed E-state index contributed by atoms with van der Waals surface area (Å²) < 4.78 is 0. The number of anilines is 2. The molecule has 2 rings (SSSR count). The molecule has 0 radical (unpaired) electrons. The molecule has 112 valence electrons. The molecule has 1 aromatic carbocycles. The molecule has 1 aromatic heterocycles. The van der Waals surface area contributed by atoms with Gasteiger partial charge in [0.15, 0.2) is 0 Å². The van der Waals surface area contributed by atoms with Crippen LogP contribution in [-0.2, 0) is 6.42 Å². The number of aromatic nitrogens is 1. The third-order valence-corrected chi connectivity index (χ3v) is 4.00. The van der Waals surface area contributed by atoms with Gasteiger partial charge in [-0.2, -0.15) is 0 Å². The van der Waals surface area contributed by atoms with Crippen molar-refractivity contribution in [1.29, 1.82) is 0 Å². The van der Waals surface area contributed by atoms with Crippen molar-refractivity contribution in [1.82, 2.24) is 4.98 Å². The molecule has 2 aromatic rings. The summed E-state index contributed by atoms with van der Waals surface area (Å²) in [6.07, 6.45) is 0.702. The van der Waals surface area contributed by atoms with Crippen molar-refractivity contribution in [3.8, 4) is 0 Å². The molecule has 0 saturated carbocycles. The molecule has 0 aliphatic rings. The van der Waals surface area contributed by atoms with Gasteiger partial charge in [-0.05, 0) is 31.2 Å². The quantitative estimate of drug-likeness (QED) is 0.889. The Bertz CT molecular complexity index is 636. The normalized spacial score (nSPS) is 10.5. The molecular weight excluding hydrogens is 284 g/mol. The first kappa shape index (κ1) is 15.5. The summed E-state index contributed by atoms with van der Waals surface area (Å²) in [5.74, 6) is -0.192. The van der Waals surface area contributed by atoms with Gasteiger partial charge in [-0.15, -0.1) is 11.3 Å². The molecule has 21 heavy (non-hydrogen) atoms. The van der Waals surface area contributed by atoms with Crippen LogP contribution in [-0.4, -0.2) is 31.5 Å². The van der Waals surface area contributed by atoms with Crippen LogP contribution < -0.4 is 16.0 Å². The lowest BCUT2D eigenvalue weighted by atomic mass is 10.1. The Hall–Kier alpha value is -1.92. The summed E-state index contributed by atoms with van der Waals surface area (Å²) in [5, 5.41) is 5.54. The lowest BCUT2D eigenvalue weighted by Crippen LogP contribution is -2.14. The van der Waals surface area contributed by atoms with E-state index in [1.54, 1.807) is 5.38 Å². The van der Waals surface area contributed by atoms with E-state index in [0.717, 1.165) is 21.9 Å². The monoisotopic (exact) mass is 304 g/mol. The van der Waals surface area contributed by atoms with Gasteiger partial charge in [0.2, 0.25) is 0 Å². The predicted molar refractivity (Wildman–Crippen MR) is 88.3 cm³/mol. The summed E-state index contributed by atoms with van der Waals surface area (Å²) in [6, 6.07) is 5.85. The Morgan fingerprint density at radius 1 is 1.43 bits per heavy atom. The van der Waals surface area contributed by atoms with Gasteiger partial charge in [-0.25, -0.2) is 4.98 Å². The highest BCUT2D eigenvalue weighted by atomic mass is 32.1. The standard InChI is InChI=1S/C15H20N4OS/c1-10-4-5-11(8-13(10)19(2)3)17-15(20)12-9-21-14(18-12)6-7-16/h4-5,8-9H,6-7,16H2,1-3H3,(H,17,20). The van der Waals surface area contributed by atoms with Gasteiger partial charge < -0.3 is 16.0 Å². The number of hydrogen-bond donors (Lipinski definition) is 2. The Balaban J connectivity index is 2.13. The van der Waals surface area contributed by atoms with E-state index in [0.29, 0.717) is 18.7 Å². The van der Waals surface area contributed by atoms with Crippen molar-refractivity contribution >= 4 is 28.6 Å². The summed E-state index contributed by atoms with van der Waals surface area (Å²) in [4.78, 5) is 18.5. The van der Waals surface area contributed by atoms with E-state index in [2.05, 4.69) is 10.3 Å². The number of thiazole rings is 1. The van der Waals surface area contributed by atoms with Gasteiger partial charge in [0.25, 0.3) is 5.91 Å². The fourth-order valence-corrected chi connectivity index (χ4v) is 2.81. The smallest absolute Gasteiger partial charge is 0.275 e. The summed E-state index contributed by atoms with van der Waals surface area (Å²) in [5.41, 5.74) is 8.94. The molecule has 0 fully saturated rings. The number of benzene rings is 1. The van der Waals surface area contributed by atoms with Crippen LogP contribution in [0.5, 0.6) is 0 Å². The van der Waals surface area contributed by atoms with Gasteiger partial charge in [0.1, 0.15) is 5.69 Å². The van der Waals surface area contributed by atoms with Crippen LogP contribution in [0, 0.1) is 6.92 Å². The Morgan fingerprint density at radius 3 is 2.86 bits per heavy atom. The topological polar surface area (TPSA) is 71.2 Å². The van der Waals surface area contributed by atoms with E-state index in [-0.39, 0.29) is 5.91 Å². The molecule has 0 unspecified atom stereocenters. The van der Waals surface area contributed by atoms with Crippen LogP contribution in [0.4, 0.5) is 11.4 Å². The molecule has 0 aliphatic heterocycles. The number of carbonyl (C=O) groups is 1. The minimum absolute atomic E-state index is 0.192. The predicted octanol–water partition coefficient (Wildman–Crippen LogP) is 2.27. The third kappa shape index (κ3) is 3.80. The first-order valence-electron chi connectivity index (χ1n) is 6.75. The lowest BCUT2D eigenvalue weighted by Gasteiger charge is -2.17. The van der Waals surface area contributed by atoms with Gasteiger partial charge in [-0.1, -0.05) is 6.07 Å². The number of hydrogen-bond acceptors (Lipinski definition) is 5. The molecular formula is C15H20N4OS. The SMILES string of the molecule is Cc1ccc(NC(=O)c2csc(CCN)n2)cc1N(C)C. The van der Waals surface area contributed by atoms with Gasteiger partial charge in [0, 0.05) is 37.3 Å². The van der Waals surface area contributed by atoms with Crippen LogP contribution in [0.15, 0.2) is 23.6 Å². The molecule has 1 heterocycles. The van der Waals surface area contributed by atoms with Crippen molar-refractivity contribution in [2.75, 3.05) is 30.9 Å². The zero-order chi connectivity index (χ0) is 15.4. The van der Waals surface area contributed by atoms with Crippen molar-refractivity contribution < 1.29 is 4.79 Å². The second kappa shape index (κ2) is 6.69. The number of rotatable bonds is 5. The fraction of sp³-hybridized carbons (Fsp3) is 0.333. The Labute approximate surface area is 128 Å². The second-order valence-corrected chi connectivity index (χ2v) is 5.96. The van der Waals surface area contributed by atoms with Crippen LogP contribution in [0.2, 0.25) is 0 Å². The molecule has 0 saturated heterocycles. The van der Waals surface area contributed by atoms with Crippen molar-refractivity contribution in [2.24, 2.45) is 5.73 Å². The third-order valence-electron chi connectivity index (χ3n) is 3.09. The molecule has 0 bridgehead atoms. The van der Waals surface area contributed by atoms with Crippen molar-refractivity contribution in [3.05, 3.63) is 39.8 Å². The van der Waals surface area contributed by atoms with Crippen LogP contribution >= 0.6 is 11.3 Å². The highest BCUT2D eigenvalue weighted by Crippen LogP contribution is 2.23. The van der Waals surface area contributed by atoms with Gasteiger partial charge in [-0.3, -0.25) is 4.79 Å². The molecule has 0 aliphatic carbocycles. The molecule has 0 atom stereocenters. The van der Waals surface area contributed by atoms with Gasteiger partial charge in [0.05, 0.1) is 5.01 Å². The second-order valence-electron chi connectivity index (χ2n) is 5.01. The average molecular weight is 304 g/mol. The molecule has 5 nitrogen and oxygen atoms in total. The first-order chi connectivity index (χ1) is 10.0. The van der Waals surface area contributed by atoms with E-state index < -0.39 is 0 Å². The van der Waals surface area contributed by atoms with E-state index in [9.17, 15) is 4.79 Å². The highest BCUT2D eigenvalue weighted by Gasteiger charge is 2.11.